The molecule has 0 aromatic rings. The van der Waals surface area contributed by atoms with Gasteiger partial charge in [0.15, 0.2) is 0 Å². The van der Waals surface area contributed by atoms with E-state index in [1.54, 1.807) is 13.8 Å². The molecule has 1 fully saturated rings. The van der Waals surface area contributed by atoms with Crippen LogP contribution in [0.2, 0.25) is 0 Å². The molecule has 1 saturated carbocycles. The first kappa shape index (κ1) is 11.3. The molecular weight excluding hydrogens is 202 g/mol. The van der Waals surface area contributed by atoms with Crippen molar-refractivity contribution in [3.8, 4) is 0 Å². The van der Waals surface area contributed by atoms with Crippen LogP contribution in [0.25, 0.3) is 0 Å². The van der Waals surface area contributed by atoms with Crippen LogP contribution in [0.3, 0.4) is 0 Å². The van der Waals surface area contributed by atoms with Crippen LogP contribution < -0.4 is 5.32 Å². The van der Waals surface area contributed by atoms with Crippen molar-refractivity contribution < 1.29 is 22.4 Å². The fraction of sp³-hybridized carbons (Fsp3) is 0.875. The van der Waals surface area contributed by atoms with E-state index in [9.17, 15) is 22.4 Å². The van der Waals surface area contributed by atoms with Crippen molar-refractivity contribution in [1.82, 2.24) is 5.32 Å². The molecule has 0 bridgehead atoms. The van der Waals surface area contributed by atoms with Crippen LogP contribution in [-0.4, -0.2) is 24.3 Å². The highest BCUT2D eigenvalue weighted by atomic mass is 19.3. The number of alkyl halides is 4. The quantitative estimate of drug-likeness (QED) is 0.711. The number of hydrogen-bond acceptors (Lipinski definition) is 1. The second-order valence-electron chi connectivity index (χ2n) is 4.14. The maximum absolute atomic E-state index is 12.4. The lowest BCUT2D eigenvalue weighted by atomic mass is 10.2. The Kier molecular flexibility index (Phi) is 2.49. The highest BCUT2D eigenvalue weighted by molar-refractivity contribution is 5.84. The Morgan fingerprint density at radius 2 is 1.93 bits per heavy atom. The van der Waals surface area contributed by atoms with E-state index in [-0.39, 0.29) is 5.41 Å². The van der Waals surface area contributed by atoms with Crippen molar-refractivity contribution in [3.05, 3.63) is 0 Å². The summed E-state index contributed by atoms with van der Waals surface area (Å²) in [5.74, 6) is -6.47. The van der Waals surface area contributed by atoms with Crippen LogP contribution in [-0.2, 0) is 4.79 Å². The van der Waals surface area contributed by atoms with E-state index < -0.39 is 24.3 Å². The van der Waals surface area contributed by atoms with Gasteiger partial charge < -0.3 is 5.32 Å². The summed E-state index contributed by atoms with van der Waals surface area (Å²) in [6, 6.07) is -0.417. The summed E-state index contributed by atoms with van der Waals surface area (Å²) in [5.41, 5.74) is -0.256. The molecule has 1 N–H and O–H groups in total. The van der Waals surface area contributed by atoms with Gasteiger partial charge in [-0.2, -0.15) is 8.78 Å². The Bertz CT molecular complexity index is 252. The van der Waals surface area contributed by atoms with Crippen LogP contribution in [0.1, 0.15) is 20.3 Å². The lowest BCUT2D eigenvalue weighted by molar-refractivity contribution is -0.169. The lowest BCUT2D eigenvalue weighted by Crippen LogP contribution is -2.46. The molecule has 1 aliphatic rings. The predicted molar refractivity (Wildman–Crippen MR) is 41.3 cm³/mol. The van der Waals surface area contributed by atoms with Crippen molar-refractivity contribution >= 4 is 5.91 Å². The van der Waals surface area contributed by atoms with Crippen LogP contribution in [0.15, 0.2) is 0 Å². The smallest absolute Gasteiger partial charge is 0.347 e. The van der Waals surface area contributed by atoms with Crippen molar-refractivity contribution in [3.63, 3.8) is 0 Å². The van der Waals surface area contributed by atoms with Gasteiger partial charge in [-0.05, 0) is 11.8 Å². The van der Waals surface area contributed by atoms with E-state index in [1.807, 2.05) is 5.32 Å². The minimum absolute atomic E-state index is 0.256. The first-order valence-corrected chi connectivity index (χ1v) is 4.15. The summed E-state index contributed by atoms with van der Waals surface area (Å²) in [4.78, 5) is 10.7. The first-order chi connectivity index (χ1) is 6.18. The summed E-state index contributed by atoms with van der Waals surface area (Å²) >= 11 is 0. The topological polar surface area (TPSA) is 29.1 Å². The lowest BCUT2D eigenvalue weighted by Gasteiger charge is -2.15. The van der Waals surface area contributed by atoms with Crippen molar-refractivity contribution in [2.24, 2.45) is 5.41 Å². The number of hydrogen-bond donors (Lipinski definition) is 1. The number of carbonyl (C=O) groups excluding carboxylic acids is 1. The molecule has 2 nitrogen and oxygen atoms in total. The Balaban J connectivity index is 2.51. The third kappa shape index (κ3) is 1.99. The van der Waals surface area contributed by atoms with E-state index in [4.69, 9.17) is 0 Å². The molecule has 82 valence electrons. The van der Waals surface area contributed by atoms with Crippen molar-refractivity contribution in [1.29, 1.82) is 0 Å². The van der Waals surface area contributed by atoms with Gasteiger partial charge >= 0.3 is 12.3 Å². The third-order valence-corrected chi connectivity index (χ3v) is 2.40. The Hall–Kier alpha value is -0.810. The zero-order valence-corrected chi connectivity index (χ0v) is 7.78. The highest BCUT2D eigenvalue weighted by Gasteiger charge is 2.54. The normalized spacial score (nSPS) is 24.9. The monoisotopic (exact) mass is 213 g/mol. The maximum atomic E-state index is 12.4. The van der Waals surface area contributed by atoms with Gasteiger partial charge in [-0.1, -0.05) is 13.8 Å². The summed E-state index contributed by atoms with van der Waals surface area (Å²) in [5, 5.41) is 1.90. The van der Waals surface area contributed by atoms with Crippen LogP contribution in [0, 0.1) is 5.41 Å². The zero-order chi connectivity index (χ0) is 11.1. The second-order valence-corrected chi connectivity index (χ2v) is 4.14. The highest BCUT2D eigenvalue weighted by Crippen LogP contribution is 2.45. The SMILES string of the molecule is CC1(C)CC1NC(=O)C(F)(F)C(F)F. The number of rotatable bonds is 3. The van der Waals surface area contributed by atoms with E-state index in [2.05, 4.69) is 0 Å². The molecular formula is C8H11F4NO. The Labute approximate surface area is 78.7 Å². The summed E-state index contributed by atoms with van der Waals surface area (Å²) in [6.07, 6.45) is -3.41. The summed E-state index contributed by atoms with van der Waals surface area (Å²) in [6.45, 7) is 3.52. The first-order valence-electron chi connectivity index (χ1n) is 4.15. The van der Waals surface area contributed by atoms with E-state index in [0.717, 1.165) is 0 Å². The van der Waals surface area contributed by atoms with Gasteiger partial charge in [0.1, 0.15) is 0 Å². The van der Waals surface area contributed by atoms with Gasteiger partial charge in [0.05, 0.1) is 0 Å². The standard InChI is InChI=1S/C8H11F4NO/c1-7(2)3-4(7)13-6(14)8(11,12)5(9)10/h4-5H,3H2,1-2H3,(H,13,14). The molecule has 1 rings (SSSR count). The molecule has 0 saturated heterocycles. The Morgan fingerprint density at radius 1 is 1.50 bits per heavy atom. The molecule has 0 heterocycles. The Morgan fingerprint density at radius 3 is 2.21 bits per heavy atom. The van der Waals surface area contributed by atoms with Crippen LogP contribution in [0.5, 0.6) is 0 Å². The van der Waals surface area contributed by atoms with Crippen LogP contribution in [0.4, 0.5) is 17.6 Å². The molecule has 1 amide bonds. The second kappa shape index (κ2) is 3.10. The van der Waals surface area contributed by atoms with Crippen LogP contribution >= 0.6 is 0 Å². The minimum Gasteiger partial charge on any atom is -0.347 e. The fourth-order valence-electron chi connectivity index (χ4n) is 1.07. The molecule has 0 spiro atoms. The molecule has 0 aromatic heterocycles. The molecule has 0 radical (unpaired) electrons. The van der Waals surface area contributed by atoms with Gasteiger partial charge in [-0.3, -0.25) is 4.79 Å². The average Bonchev–Trinajstić information content (AvgIpc) is 2.58. The van der Waals surface area contributed by atoms with Gasteiger partial charge in [-0.25, -0.2) is 8.78 Å². The number of nitrogens with one attached hydrogen (secondary N) is 1. The predicted octanol–water partition coefficient (Wildman–Crippen LogP) is 1.80. The van der Waals surface area contributed by atoms with Crippen molar-refractivity contribution in [2.45, 2.75) is 38.7 Å². The van der Waals surface area contributed by atoms with Gasteiger partial charge in [0.25, 0.3) is 5.91 Å². The van der Waals surface area contributed by atoms with E-state index in [0.29, 0.717) is 6.42 Å². The minimum atomic E-state index is -4.58. The molecule has 1 unspecified atom stereocenters. The summed E-state index contributed by atoms with van der Waals surface area (Å²) < 4.78 is 48.3. The molecule has 0 aliphatic heterocycles. The molecule has 0 aromatic carbocycles. The number of carbonyl (C=O) groups is 1. The summed E-state index contributed by atoms with van der Waals surface area (Å²) in [7, 11) is 0. The fourth-order valence-corrected chi connectivity index (χ4v) is 1.07. The van der Waals surface area contributed by atoms with Gasteiger partial charge in [-0.15, -0.1) is 0 Å². The number of amides is 1. The van der Waals surface area contributed by atoms with E-state index >= 15 is 0 Å². The zero-order valence-electron chi connectivity index (χ0n) is 7.78. The third-order valence-electron chi connectivity index (χ3n) is 2.40. The molecule has 1 aliphatic carbocycles. The maximum Gasteiger partial charge on any atom is 0.383 e. The average molecular weight is 213 g/mol. The van der Waals surface area contributed by atoms with E-state index in [1.165, 1.54) is 0 Å². The van der Waals surface area contributed by atoms with Gasteiger partial charge in [0.2, 0.25) is 0 Å². The molecule has 6 heteroatoms. The molecule has 14 heavy (non-hydrogen) atoms. The largest absolute Gasteiger partial charge is 0.383 e. The number of halogens is 4. The van der Waals surface area contributed by atoms with Crippen molar-refractivity contribution in [2.75, 3.05) is 0 Å². The molecule has 1 atom stereocenters. The van der Waals surface area contributed by atoms with Gasteiger partial charge in [0, 0.05) is 6.04 Å².